The molecule has 0 bridgehead atoms. The molecule has 28 heavy (non-hydrogen) atoms. The van der Waals surface area contributed by atoms with Crippen LogP contribution >= 0.6 is 0 Å². The summed E-state index contributed by atoms with van der Waals surface area (Å²) in [6, 6.07) is 7.16. The standard InChI is InChI=1S/C20H27N3O5/c1-20(27-11-12-28-20)13-18(24)22-21-14-16-5-7-17(8-6-16)26-15-19(25)23-9-3-2-4-10-23/h5-8,14H,2-4,9-13,15H2,1H3,(H,22,24)/b21-14-. The van der Waals surface area contributed by atoms with Crippen molar-refractivity contribution in [1.29, 1.82) is 0 Å². The van der Waals surface area contributed by atoms with E-state index >= 15 is 0 Å². The first kappa shape index (κ1) is 20.3. The molecular weight excluding hydrogens is 362 g/mol. The third kappa shape index (κ3) is 6.03. The highest BCUT2D eigenvalue weighted by Crippen LogP contribution is 2.22. The molecule has 2 aliphatic heterocycles. The van der Waals surface area contributed by atoms with Crippen LogP contribution in [0.1, 0.15) is 38.2 Å². The van der Waals surface area contributed by atoms with E-state index in [1.165, 1.54) is 6.42 Å². The number of carbonyl (C=O) groups is 2. The lowest BCUT2D eigenvalue weighted by Crippen LogP contribution is -2.38. The highest BCUT2D eigenvalue weighted by atomic mass is 16.7. The molecule has 0 aliphatic carbocycles. The van der Waals surface area contributed by atoms with Gasteiger partial charge in [0.15, 0.2) is 12.4 Å². The molecule has 1 aromatic carbocycles. The maximum Gasteiger partial charge on any atom is 0.260 e. The van der Waals surface area contributed by atoms with E-state index in [1.807, 2.05) is 4.90 Å². The molecule has 8 nitrogen and oxygen atoms in total. The fourth-order valence-corrected chi connectivity index (χ4v) is 3.20. The Morgan fingerprint density at radius 3 is 2.54 bits per heavy atom. The molecule has 2 aliphatic rings. The lowest BCUT2D eigenvalue weighted by molar-refractivity contribution is -0.159. The molecule has 2 amide bonds. The first-order chi connectivity index (χ1) is 13.5. The molecule has 0 aromatic heterocycles. The van der Waals surface area contributed by atoms with Gasteiger partial charge in [0, 0.05) is 13.1 Å². The fourth-order valence-electron chi connectivity index (χ4n) is 3.20. The summed E-state index contributed by atoms with van der Waals surface area (Å²) in [5.74, 6) is -0.506. The second kappa shape index (κ2) is 9.66. The Morgan fingerprint density at radius 2 is 1.86 bits per heavy atom. The van der Waals surface area contributed by atoms with Crippen molar-refractivity contribution in [2.24, 2.45) is 5.10 Å². The minimum atomic E-state index is -0.871. The highest BCUT2D eigenvalue weighted by molar-refractivity contribution is 5.82. The van der Waals surface area contributed by atoms with Crippen LogP contribution in [0.5, 0.6) is 5.75 Å². The first-order valence-corrected chi connectivity index (χ1v) is 9.65. The molecule has 0 unspecified atom stereocenters. The van der Waals surface area contributed by atoms with E-state index in [0.29, 0.717) is 19.0 Å². The number of nitrogens with zero attached hydrogens (tertiary/aromatic N) is 2. The average molecular weight is 389 g/mol. The number of nitrogens with one attached hydrogen (secondary N) is 1. The van der Waals surface area contributed by atoms with E-state index in [0.717, 1.165) is 31.5 Å². The van der Waals surface area contributed by atoms with Crippen molar-refractivity contribution in [3.63, 3.8) is 0 Å². The predicted molar refractivity (Wildman–Crippen MR) is 103 cm³/mol. The number of likely N-dealkylation sites (tertiary alicyclic amines) is 1. The third-order valence-corrected chi connectivity index (χ3v) is 4.73. The Balaban J connectivity index is 1.40. The van der Waals surface area contributed by atoms with Gasteiger partial charge in [-0.25, -0.2) is 5.43 Å². The monoisotopic (exact) mass is 389 g/mol. The lowest BCUT2D eigenvalue weighted by atomic mass is 10.1. The van der Waals surface area contributed by atoms with Gasteiger partial charge in [0.2, 0.25) is 5.91 Å². The number of hydrogen-bond acceptors (Lipinski definition) is 6. The molecule has 1 aromatic rings. The van der Waals surface area contributed by atoms with E-state index in [9.17, 15) is 9.59 Å². The van der Waals surface area contributed by atoms with E-state index in [-0.39, 0.29) is 24.8 Å². The van der Waals surface area contributed by atoms with Gasteiger partial charge in [-0.3, -0.25) is 9.59 Å². The summed E-state index contributed by atoms with van der Waals surface area (Å²) >= 11 is 0. The zero-order valence-electron chi connectivity index (χ0n) is 16.2. The third-order valence-electron chi connectivity index (χ3n) is 4.73. The molecule has 8 heteroatoms. The van der Waals surface area contributed by atoms with Gasteiger partial charge in [-0.15, -0.1) is 0 Å². The largest absolute Gasteiger partial charge is 0.484 e. The molecular formula is C20H27N3O5. The minimum Gasteiger partial charge on any atom is -0.484 e. The summed E-state index contributed by atoms with van der Waals surface area (Å²) in [7, 11) is 0. The summed E-state index contributed by atoms with van der Waals surface area (Å²) in [5, 5.41) is 3.94. The molecule has 152 valence electrons. The van der Waals surface area contributed by atoms with Crippen molar-refractivity contribution in [1.82, 2.24) is 10.3 Å². The van der Waals surface area contributed by atoms with Crippen molar-refractivity contribution in [3.05, 3.63) is 29.8 Å². The molecule has 0 radical (unpaired) electrons. The number of piperidine rings is 1. The first-order valence-electron chi connectivity index (χ1n) is 9.65. The van der Waals surface area contributed by atoms with Crippen LogP contribution < -0.4 is 10.2 Å². The van der Waals surface area contributed by atoms with Crippen LogP contribution in [-0.4, -0.2) is 61.6 Å². The number of hydrogen-bond donors (Lipinski definition) is 1. The van der Waals surface area contributed by atoms with Crippen molar-refractivity contribution >= 4 is 18.0 Å². The van der Waals surface area contributed by atoms with Crippen molar-refractivity contribution in [3.8, 4) is 5.75 Å². The van der Waals surface area contributed by atoms with Crippen molar-refractivity contribution in [2.75, 3.05) is 32.9 Å². The SMILES string of the molecule is CC1(CC(=O)N/N=C\c2ccc(OCC(=O)N3CCCCC3)cc2)OCCO1. The van der Waals surface area contributed by atoms with Gasteiger partial charge in [-0.1, -0.05) is 0 Å². The van der Waals surface area contributed by atoms with Gasteiger partial charge < -0.3 is 19.1 Å². The maximum absolute atomic E-state index is 12.1. The molecule has 3 rings (SSSR count). The molecule has 1 N–H and O–H groups in total. The Morgan fingerprint density at radius 1 is 1.18 bits per heavy atom. The zero-order chi connectivity index (χ0) is 19.8. The van der Waals surface area contributed by atoms with Crippen LogP contribution in [0, 0.1) is 0 Å². The lowest BCUT2D eigenvalue weighted by Gasteiger charge is -2.26. The van der Waals surface area contributed by atoms with E-state index in [2.05, 4.69) is 10.5 Å². The Hall–Kier alpha value is -2.45. The van der Waals surface area contributed by atoms with Crippen LogP contribution in [0.25, 0.3) is 0 Å². The summed E-state index contributed by atoms with van der Waals surface area (Å²) in [4.78, 5) is 25.9. The Labute approximate surface area is 164 Å². The number of benzene rings is 1. The van der Waals surface area contributed by atoms with Gasteiger partial charge in [-0.2, -0.15) is 5.10 Å². The summed E-state index contributed by atoms with van der Waals surface area (Å²) in [6.45, 7) is 4.40. The van der Waals surface area contributed by atoms with Crippen LogP contribution in [0.4, 0.5) is 0 Å². The number of rotatable bonds is 7. The topological polar surface area (TPSA) is 89.5 Å². The van der Waals surface area contributed by atoms with Crippen molar-refractivity contribution in [2.45, 2.75) is 38.4 Å². The molecule has 2 heterocycles. The molecule has 0 atom stereocenters. The minimum absolute atomic E-state index is 0.0250. The fraction of sp³-hybridized carbons (Fsp3) is 0.550. The summed E-state index contributed by atoms with van der Waals surface area (Å²) < 4.78 is 16.4. The van der Waals surface area contributed by atoms with Gasteiger partial charge in [-0.05, 0) is 56.0 Å². The van der Waals surface area contributed by atoms with Crippen LogP contribution in [0.3, 0.4) is 0 Å². The summed E-state index contributed by atoms with van der Waals surface area (Å²) in [6.07, 6.45) is 4.95. The van der Waals surface area contributed by atoms with Crippen LogP contribution in [-0.2, 0) is 19.1 Å². The zero-order valence-corrected chi connectivity index (χ0v) is 16.2. The van der Waals surface area contributed by atoms with Crippen molar-refractivity contribution < 1.29 is 23.8 Å². The Bertz CT molecular complexity index is 692. The van der Waals surface area contributed by atoms with Crippen LogP contribution in [0.15, 0.2) is 29.4 Å². The number of hydrazone groups is 1. The quantitative estimate of drug-likeness (QED) is 0.566. The van der Waals surface area contributed by atoms with Gasteiger partial charge in [0.05, 0.1) is 25.8 Å². The molecule has 2 saturated heterocycles. The number of carbonyl (C=O) groups excluding carboxylic acids is 2. The van der Waals surface area contributed by atoms with E-state index < -0.39 is 5.79 Å². The average Bonchev–Trinajstić information content (AvgIpc) is 3.13. The second-order valence-electron chi connectivity index (χ2n) is 7.10. The predicted octanol–water partition coefficient (Wildman–Crippen LogP) is 1.68. The van der Waals surface area contributed by atoms with Gasteiger partial charge in [0.1, 0.15) is 5.75 Å². The number of ether oxygens (including phenoxy) is 3. The maximum atomic E-state index is 12.1. The van der Waals surface area contributed by atoms with Gasteiger partial charge in [0.25, 0.3) is 5.91 Å². The van der Waals surface area contributed by atoms with E-state index in [1.54, 1.807) is 37.4 Å². The smallest absolute Gasteiger partial charge is 0.260 e. The molecule has 0 spiro atoms. The van der Waals surface area contributed by atoms with Crippen LogP contribution in [0.2, 0.25) is 0 Å². The molecule has 2 fully saturated rings. The number of amides is 2. The Kier molecular flexibility index (Phi) is 7.00. The van der Waals surface area contributed by atoms with Gasteiger partial charge >= 0.3 is 0 Å². The molecule has 0 saturated carbocycles. The second-order valence-corrected chi connectivity index (χ2v) is 7.10. The summed E-state index contributed by atoms with van der Waals surface area (Å²) in [5.41, 5.74) is 3.26. The highest BCUT2D eigenvalue weighted by Gasteiger charge is 2.33. The van der Waals surface area contributed by atoms with E-state index in [4.69, 9.17) is 14.2 Å². The normalized spacial score (nSPS) is 19.0.